The lowest BCUT2D eigenvalue weighted by Gasteiger charge is -2.16. The van der Waals surface area contributed by atoms with Crippen LogP contribution < -0.4 is 5.32 Å². The van der Waals surface area contributed by atoms with E-state index in [0.29, 0.717) is 0 Å². The Morgan fingerprint density at radius 2 is 2.58 bits per heavy atom. The van der Waals surface area contributed by atoms with Gasteiger partial charge in [-0.2, -0.15) is 5.10 Å². The van der Waals surface area contributed by atoms with Gasteiger partial charge in [-0.1, -0.05) is 0 Å². The van der Waals surface area contributed by atoms with Gasteiger partial charge in [0.15, 0.2) is 0 Å². The highest BCUT2D eigenvalue weighted by atomic mass is 16.3. The average molecular weight is 167 g/mol. The Morgan fingerprint density at radius 3 is 3.17 bits per heavy atom. The first-order valence-electron chi connectivity index (χ1n) is 4.28. The van der Waals surface area contributed by atoms with Crippen LogP contribution in [0, 0.1) is 0 Å². The lowest BCUT2D eigenvalue weighted by atomic mass is 10.0. The van der Waals surface area contributed by atoms with Crippen LogP contribution in [0.15, 0.2) is 12.4 Å². The minimum absolute atomic E-state index is 0.211. The topological polar surface area (TPSA) is 60.9 Å². The number of hydrogen-bond acceptors (Lipinski definition) is 3. The van der Waals surface area contributed by atoms with E-state index < -0.39 is 6.10 Å². The maximum Gasteiger partial charge on any atom is 0.0973 e. The molecule has 2 atom stereocenters. The third kappa shape index (κ3) is 1.35. The summed E-state index contributed by atoms with van der Waals surface area (Å²) in [5.41, 5.74) is 0.870. The Morgan fingerprint density at radius 1 is 1.67 bits per heavy atom. The van der Waals surface area contributed by atoms with E-state index in [9.17, 15) is 5.11 Å². The van der Waals surface area contributed by atoms with E-state index in [4.69, 9.17) is 0 Å². The van der Waals surface area contributed by atoms with Crippen molar-refractivity contribution in [2.45, 2.75) is 25.0 Å². The normalized spacial score (nSPS) is 25.9. The molecule has 1 fully saturated rings. The standard InChI is InChI=1S/C8H13N3O/c12-8(6-4-10-11-5-6)7-2-1-3-9-7/h4-5,7-9,12H,1-3H2,(H,10,11). The largest absolute Gasteiger partial charge is 0.387 e. The van der Waals surface area contributed by atoms with Crippen molar-refractivity contribution in [3.63, 3.8) is 0 Å². The van der Waals surface area contributed by atoms with Crippen LogP contribution in [-0.4, -0.2) is 27.9 Å². The van der Waals surface area contributed by atoms with Gasteiger partial charge in [0.2, 0.25) is 0 Å². The van der Waals surface area contributed by atoms with Crippen LogP contribution in [0.1, 0.15) is 24.5 Å². The molecule has 0 aromatic carbocycles. The number of rotatable bonds is 2. The molecule has 2 heterocycles. The van der Waals surface area contributed by atoms with Crippen LogP contribution in [0.4, 0.5) is 0 Å². The summed E-state index contributed by atoms with van der Waals surface area (Å²) in [5.74, 6) is 0. The highest BCUT2D eigenvalue weighted by Crippen LogP contribution is 2.21. The molecule has 0 amide bonds. The molecule has 1 aromatic rings. The van der Waals surface area contributed by atoms with Crippen molar-refractivity contribution >= 4 is 0 Å². The van der Waals surface area contributed by atoms with E-state index in [1.165, 1.54) is 0 Å². The molecule has 2 unspecified atom stereocenters. The van der Waals surface area contributed by atoms with Crippen LogP contribution in [0.3, 0.4) is 0 Å². The van der Waals surface area contributed by atoms with Gasteiger partial charge in [0.1, 0.15) is 0 Å². The van der Waals surface area contributed by atoms with Gasteiger partial charge in [-0.05, 0) is 19.4 Å². The Bertz CT molecular complexity index is 228. The second-order valence-corrected chi connectivity index (χ2v) is 3.18. The fourth-order valence-electron chi connectivity index (χ4n) is 1.64. The van der Waals surface area contributed by atoms with Gasteiger partial charge in [0, 0.05) is 17.8 Å². The second-order valence-electron chi connectivity index (χ2n) is 3.18. The molecule has 4 heteroatoms. The first-order valence-corrected chi connectivity index (χ1v) is 4.28. The molecule has 3 N–H and O–H groups in total. The predicted molar refractivity (Wildman–Crippen MR) is 44.6 cm³/mol. The molecule has 1 aliphatic rings. The first-order chi connectivity index (χ1) is 5.88. The van der Waals surface area contributed by atoms with Gasteiger partial charge in [-0.15, -0.1) is 0 Å². The zero-order chi connectivity index (χ0) is 8.39. The molecule has 0 saturated carbocycles. The smallest absolute Gasteiger partial charge is 0.0973 e. The quantitative estimate of drug-likeness (QED) is 0.589. The van der Waals surface area contributed by atoms with E-state index in [1.807, 2.05) is 0 Å². The molecular formula is C8H13N3O. The van der Waals surface area contributed by atoms with Crippen molar-refractivity contribution in [2.75, 3.05) is 6.54 Å². The summed E-state index contributed by atoms with van der Waals surface area (Å²) in [4.78, 5) is 0. The number of H-pyrrole nitrogens is 1. The number of aromatic amines is 1. The summed E-state index contributed by atoms with van der Waals surface area (Å²) in [6.07, 6.45) is 5.20. The summed E-state index contributed by atoms with van der Waals surface area (Å²) >= 11 is 0. The molecule has 1 aliphatic heterocycles. The molecule has 0 aliphatic carbocycles. The van der Waals surface area contributed by atoms with Crippen LogP contribution >= 0.6 is 0 Å². The summed E-state index contributed by atoms with van der Waals surface area (Å²) in [6.45, 7) is 1.01. The third-order valence-corrected chi connectivity index (χ3v) is 2.34. The van der Waals surface area contributed by atoms with Crippen molar-refractivity contribution in [2.24, 2.45) is 0 Å². The molecule has 1 saturated heterocycles. The second kappa shape index (κ2) is 3.25. The molecule has 4 nitrogen and oxygen atoms in total. The van der Waals surface area contributed by atoms with Gasteiger partial charge < -0.3 is 10.4 Å². The Labute approximate surface area is 71.0 Å². The number of aromatic nitrogens is 2. The van der Waals surface area contributed by atoms with Crippen molar-refractivity contribution in [3.8, 4) is 0 Å². The minimum atomic E-state index is -0.411. The molecule has 66 valence electrons. The lowest BCUT2D eigenvalue weighted by molar-refractivity contribution is 0.137. The van der Waals surface area contributed by atoms with Crippen LogP contribution in [0.25, 0.3) is 0 Å². The molecule has 0 radical (unpaired) electrons. The third-order valence-electron chi connectivity index (χ3n) is 2.34. The minimum Gasteiger partial charge on any atom is -0.387 e. The number of nitrogens with zero attached hydrogens (tertiary/aromatic N) is 1. The first kappa shape index (κ1) is 7.76. The zero-order valence-corrected chi connectivity index (χ0v) is 6.83. The summed E-state index contributed by atoms with van der Waals surface area (Å²) < 4.78 is 0. The van der Waals surface area contributed by atoms with Crippen molar-refractivity contribution in [1.29, 1.82) is 0 Å². The summed E-state index contributed by atoms with van der Waals surface area (Å²) in [7, 11) is 0. The lowest BCUT2D eigenvalue weighted by Crippen LogP contribution is -2.28. The Hall–Kier alpha value is -0.870. The molecule has 2 rings (SSSR count). The number of hydrogen-bond donors (Lipinski definition) is 3. The SMILES string of the molecule is OC(c1cn[nH]c1)C1CCCN1. The van der Waals surface area contributed by atoms with Gasteiger partial charge in [-0.25, -0.2) is 0 Å². The molecule has 0 spiro atoms. The number of nitrogens with one attached hydrogen (secondary N) is 2. The van der Waals surface area contributed by atoms with Crippen LogP contribution in [0.5, 0.6) is 0 Å². The zero-order valence-electron chi connectivity index (χ0n) is 6.83. The van der Waals surface area contributed by atoms with E-state index in [1.54, 1.807) is 12.4 Å². The molecule has 12 heavy (non-hydrogen) atoms. The van der Waals surface area contributed by atoms with E-state index in [2.05, 4.69) is 15.5 Å². The van der Waals surface area contributed by atoms with Crippen molar-refractivity contribution in [3.05, 3.63) is 18.0 Å². The fourth-order valence-corrected chi connectivity index (χ4v) is 1.64. The average Bonchev–Trinajstić information content (AvgIpc) is 2.77. The molecular weight excluding hydrogens is 154 g/mol. The molecule has 0 bridgehead atoms. The summed E-state index contributed by atoms with van der Waals surface area (Å²) in [5, 5.41) is 19.5. The highest BCUT2D eigenvalue weighted by molar-refractivity contribution is 5.10. The Kier molecular flexibility index (Phi) is 2.10. The van der Waals surface area contributed by atoms with E-state index in [0.717, 1.165) is 24.9 Å². The van der Waals surface area contributed by atoms with Crippen LogP contribution in [0.2, 0.25) is 0 Å². The predicted octanol–water partition coefficient (Wildman–Crippen LogP) is 0.195. The van der Waals surface area contributed by atoms with Gasteiger partial charge in [0.05, 0.1) is 12.3 Å². The Balaban J connectivity index is 2.04. The van der Waals surface area contributed by atoms with Crippen LogP contribution in [-0.2, 0) is 0 Å². The summed E-state index contributed by atoms with van der Waals surface area (Å²) in [6, 6.07) is 0.211. The maximum absolute atomic E-state index is 9.79. The van der Waals surface area contributed by atoms with Gasteiger partial charge in [-0.3, -0.25) is 5.10 Å². The highest BCUT2D eigenvalue weighted by Gasteiger charge is 2.24. The number of aliphatic hydroxyl groups excluding tert-OH is 1. The van der Waals surface area contributed by atoms with Crippen molar-refractivity contribution in [1.82, 2.24) is 15.5 Å². The molecule has 1 aromatic heterocycles. The van der Waals surface area contributed by atoms with E-state index in [-0.39, 0.29) is 6.04 Å². The maximum atomic E-state index is 9.79. The monoisotopic (exact) mass is 167 g/mol. The number of aliphatic hydroxyl groups is 1. The fraction of sp³-hybridized carbons (Fsp3) is 0.625. The van der Waals surface area contributed by atoms with E-state index >= 15 is 0 Å². The van der Waals surface area contributed by atoms with Gasteiger partial charge >= 0.3 is 0 Å². The van der Waals surface area contributed by atoms with Crippen molar-refractivity contribution < 1.29 is 5.11 Å². The van der Waals surface area contributed by atoms with Gasteiger partial charge in [0.25, 0.3) is 0 Å².